The second kappa shape index (κ2) is 8.75. The highest BCUT2D eigenvalue weighted by Gasteiger charge is 2.29. The van der Waals surface area contributed by atoms with Gasteiger partial charge < -0.3 is 19.0 Å². The van der Waals surface area contributed by atoms with Crippen LogP contribution in [0.15, 0.2) is 47.3 Å². The van der Waals surface area contributed by atoms with E-state index in [-0.39, 0.29) is 17.7 Å². The predicted molar refractivity (Wildman–Crippen MR) is 101 cm³/mol. The van der Waals surface area contributed by atoms with Crippen LogP contribution < -0.4 is 4.74 Å². The van der Waals surface area contributed by atoms with E-state index in [2.05, 4.69) is 0 Å². The molecule has 0 aliphatic carbocycles. The number of hydrogen-bond acceptors (Lipinski definition) is 4. The van der Waals surface area contributed by atoms with Gasteiger partial charge in [-0.25, -0.2) is 0 Å². The van der Waals surface area contributed by atoms with Crippen LogP contribution in [0.25, 0.3) is 0 Å². The fraction of sp³-hybridized carbons (Fsp3) is 0.429. The minimum absolute atomic E-state index is 0.0302. The van der Waals surface area contributed by atoms with Crippen LogP contribution in [0.3, 0.4) is 0 Å². The van der Waals surface area contributed by atoms with Crippen molar-refractivity contribution < 1.29 is 18.7 Å². The van der Waals surface area contributed by atoms with Gasteiger partial charge in [0.15, 0.2) is 0 Å². The Morgan fingerprint density at radius 1 is 1.19 bits per heavy atom. The fourth-order valence-corrected chi connectivity index (χ4v) is 3.42. The summed E-state index contributed by atoms with van der Waals surface area (Å²) in [6, 6.07) is 9.50. The van der Waals surface area contributed by atoms with Crippen molar-refractivity contribution in [1.29, 1.82) is 0 Å². The molecule has 6 nitrogen and oxygen atoms in total. The number of amides is 2. The van der Waals surface area contributed by atoms with Crippen molar-refractivity contribution in [2.24, 2.45) is 5.92 Å². The van der Waals surface area contributed by atoms with E-state index in [4.69, 9.17) is 9.15 Å². The van der Waals surface area contributed by atoms with Crippen LogP contribution in [-0.4, -0.2) is 48.4 Å². The molecule has 6 heteroatoms. The second-order valence-electron chi connectivity index (χ2n) is 6.85. The van der Waals surface area contributed by atoms with Crippen LogP contribution in [0.5, 0.6) is 5.75 Å². The number of nitrogens with zero attached hydrogens (tertiary/aromatic N) is 2. The van der Waals surface area contributed by atoms with Crippen molar-refractivity contribution in [2.45, 2.75) is 26.3 Å². The first-order chi connectivity index (χ1) is 13.1. The minimum Gasteiger partial charge on any atom is -0.494 e. The lowest BCUT2D eigenvalue weighted by Crippen LogP contribution is -2.43. The fourth-order valence-electron chi connectivity index (χ4n) is 3.42. The summed E-state index contributed by atoms with van der Waals surface area (Å²) in [5.74, 6) is 0.910. The normalized spacial score (nSPS) is 14.8. The van der Waals surface area contributed by atoms with Gasteiger partial charge in [-0.2, -0.15) is 0 Å². The molecule has 0 atom stereocenters. The first-order valence-corrected chi connectivity index (χ1v) is 9.36. The summed E-state index contributed by atoms with van der Waals surface area (Å²) in [7, 11) is 1.84. The summed E-state index contributed by atoms with van der Waals surface area (Å²) in [6.07, 6.45) is 4.34. The van der Waals surface area contributed by atoms with Gasteiger partial charge in [0, 0.05) is 32.6 Å². The Kier molecular flexibility index (Phi) is 6.16. The molecule has 2 amide bonds. The summed E-state index contributed by atoms with van der Waals surface area (Å²) < 4.78 is 10.4. The smallest absolute Gasteiger partial charge is 0.257 e. The van der Waals surface area contributed by atoms with Gasteiger partial charge in [-0.1, -0.05) is 12.1 Å². The van der Waals surface area contributed by atoms with E-state index >= 15 is 0 Å². The molecule has 2 heterocycles. The Hall–Kier alpha value is -2.76. The number of likely N-dealkylation sites (tertiary alicyclic amines) is 1. The van der Waals surface area contributed by atoms with E-state index in [0.717, 1.165) is 11.3 Å². The van der Waals surface area contributed by atoms with Gasteiger partial charge in [-0.15, -0.1) is 0 Å². The van der Waals surface area contributed by atoms with Gasteiger partial charge in [0.2, 0.25) is 5.91 Å². The Labute approximate surface area is 159 Å². The molecule has 27 heavy (non-hydrogen) atoms. The highest BCUT2D eigenvalue weighted by molar-refractivity contribution is 5.94. The van der Waals surface area contributed by atoms with Crippen molar-refractivity contribution in [3.8, 4) is 5.75 Å². The van der Waals surface area contributed by atoms with Crippen LogP contribution in [-0.2, 0) is 11.3 Å². The molecular formula is C21H26N2O4. The van der Waals surface area contributed by atoms with E-state index < -0.39 is 0 Å². The minimum atomic E-state index is -0.0360. The molecule has 1 saturated heterocycles. The lowest BCUT2D eigenvalue weighted by atomic mass is 9.95. The van der Waals surface area contributed by atoms with Crippen LogP contribution in [0.2, 0.25) is 0 Å². The average Bonchev–Trinajstić information content (AvgIpc) is 3.23. The Balaban J connectivity index is 1.50. The largest absolute Gasteiger partial charge is 0.494 e. The molecule has 1 aromatic heterocycles. The molecule has 2 aromatic rings. The zero-order valence-electron chi connectivity index (χ0n) is 15.9. The van der Waals surface area contributed by atoms with Crippen molar-refractivity contribution in [1.82, 2.24) is 9.80 Å². The van der Waals surface area contributed by atoms with Crippen molar-refractivity contribution in [2.75, 3.05) is 26.7 Å². The zero-order valence-corrected chi connectivity index (χ0v) is 15.9. The van der Waals surface area contributed by atoms with E-state index in [1.54, 1.807) is 15.9 Å². The number of benzene rings is 1. The average molecular weight is 370 g/mol. The Morgan fingerprint density at radius 3 is 2.48 bits per heavy atom. The van der Waals surface area contributed by atoms with E-state index in [1.165, 1.54) is 12.5 Å². The molecule has 0 bridgehead atoms. The summed E-state index contributed by atoms with van der Waals surface area (Å²) in [4.78, 5) is 28.7. The van der Waals surface area contributed by atoms with Gasteiger partial charge in [-0.3, -0.25) is 9.59 Å². The van der Waals surface area contributed by atoms with Crippen molar-refractivity contribution in [3.05, 3.63) is 54.0 Å². The summed E-state index contributed by atoms with van der Waals surface area (Å²) >= 11 is 0. The van der Waals surface area contributed by atoms with Crippen LogP contribution in [0, 0.1) is 5.92 Å². The molecule has 0 N–H and O–H groups in total. The molecule has 1 aliphatic heterocycles. The van der Waals surface area contributed by atoms with Crippen LogP contribution >= 0.6 is 0 Å². The maximum Gasteiger partial charge on any atom is 0.257 e. The lowest BCUT2D eigenvalue weighted by Gasteiger charge is -2.33. The first-order valence-electron chi connectivity index (χ1n) is 9.36. The van der Waals surface area contributed by atoms with Crippen LogP contribution in [0.4, 0.5) is 0 Å². The third-order valence-corrected chi connectivity index (χ3v) is 4.93. The van der Waals surface area contributed by atoms with Crippen molar-refractivity contribution >= 4 is 11.8 Å². The number of piperidine rings is 1. The molecule has 0 radical (unpaired) electrons. The molecule has 0 spiro atoms. The van der Waals surface area contributed by atoms with Gasteiger partial charge in [0.25, 0.3) is 5.91 Å². The maximum absolute atomic E-state index is 12.8. The second-order valence-corrected chi connectivity index (χ2v) is 6.85. The maximum atomic E-state index is 12.8. The number of hydrogen-bond donors (Lipinski definition) is 0. The monoisotopic (exact) mass is 370 g/mol. The molecule has 0 unspecified atom stereocenters. The van der Waals surface area contributed by atoms with Gasteiger partial charge in [-0.05, 0) is 43.5 Å². The Bertz CT molecular complexity index is 747. The van der Waals surface area contributed by atoms with Gasteiger partial charge in [0.1, 0.15) is 12.0 Å². The molecule has 1 fully saturated rings. The molecule has 3 rings (SSSR count). The number of carbonyl (C=O) groups is 2. The van der Waals surface area contributed by atoms with Gasteiger partial charge in [0.05, 0.1) is 18.4 Å². The predicted octanol–water partition coefficient (Wildman–Crippen LogP) is 3.19. The van der Waals surface area contributed by atoms with Crippen molar-refractivity contribution in [3.63, 3.8) is 0 Å². The summed E-state index contributed by atoms with van der Waals surface area (Å²) in [5, 5.41) is 0. The quantitative estimate of drug-likeness (QED) is 0.783. The standard InChI is InChI=1S/C21H26N2O4/c1-3-27-19-6-4-16(5-7-19)14-22(2)20(24)17-8-11-23(12-9-17)21(25)18-10-13-26-15-18/h4-7,10,13,15,17H,3,8-9,11-12,14H2,1-2H3. The highest BCUT2D eigenvalue weighted by atomic mass is 16.5. The number of furan rings is 1. The number of carbonyl (C=O) groups excluding carboxylic acids is 2. The van der Waals surface area contributed by atoms with Crippen LogP contribution in [0.1, 0.15) is 35.7 Å². The third-order valence-electron chi connectivity index (χ3n) is 4.93. The first kappa shape index (κ1) is 19.0. The van der Waals surface area contributed by atoms with E-state index in [1.807, 2.05) is 38.2 Å². The lowest BCUT2D eigenvalue weighted by molar-refractivity contribution is -0.136. The summed E-state index contributed by atoms with van der Waals surface area (Å²) in [5.41, 5.74) is 1.63. The zero-order chi connectivity index (χ0) is 19.2. The highest BCUT2D eigenvalue weighted by Crippen LogP contribution is 2.22. The number of ether oxygens (including phenoxy) is 1. The van der Waals surface area contributed by atoms with E-state index in [9.17, 15) is 9.59 Å². The topological polar surface area (TPSA) is 63.0 Å². The van der Waals surface area contributed by atoms with E-state index in [0.29, 0.717) is 44.6 Å². The molecule has 144 valence electrons. The SMILES string of the molecule is CCOc1ccc(CN(C)C(=O)C2CCN(C(=O)c3ccoc3)CC2)cc1. The molecular weight excluding hydrogens is 344 g/mol. The number of rotatable bonds is 6. The van der Waals surface area contributed by atoms with Gasteiger partial charge >= 0.3 is 0 Å². The third kappa shape index (κ3) is 4.70. The molecule has 1 aliphatic rings. The summed E-state index contributed by atoms with van der Waals surface area (Å²) in [6.45, 7) is 4.35. The molecule has 1 aromatic carbocycles. The Morgan fingerprint density at radius 2 is 1.89 bits per heavy atom. The molecule has 0 saturated carbocycles.